The molecule has 29 heavy (non-hydrogen) atoms. The fourth-order valence-electron chi connectivity index (χ4n) is 2.61. The van der Waals surface area contributed by atoms with E-state index >= 15 is 0 Å². The summed E-state index contributed by atoms with van der Waals surface area (Å²) < 4.78 is 10.7. The number of likely N-dealkylation sites (N-methyl/N-ethyl adjacent to an activating group) is 1. The summed E-state index contributed by atoms with van der Waals surface area (Å²) in [6.07, 6.45) is 0. The third-order valence-corrected chi connectivity index (χ3v) is 4.59. The van der Waals surface area contributed by atoms with E-state index in [4.69, 9.17) is 9.47 Å². The summed E-state index contributed by atoms with van der Waals surface area (Å²) in [6.45, 7) is 7.08. The molecule has 6 heteroatoms. The second-order valence-corrected chi connectivity index (χ2v) is 7.85. The molecule has 0 aliphatic rings. The smallest absolute Gasteiger partial charge is 0.251 e. The highest BCUT2D eigenvalue weighted by Gasteiger charge is 2.15. The van der Waals surface area contributed by atoms with Gasteiger partial charge in [-0.15, -0.1) is 0 Å². The van der Waals surface area contributed by atoms with Gasteiger partial charge >= 0.3 is 0 Å². The SMILES string of the molecule is COc1ccc(OCCN(C)C(=O)CNC(=O)c2ccc(C(C)(C)C)cc2)cc1. The van der Waals surface area contributed by atoms with Gasteiger partial charge in [0, 0.05) is 12.6 Å². The van der Waals surface area contributed by atoms with Gasteiger partial charge in [-0.1, -0.05) is 32.9 Å². The first-order valence-corrected chi connectivity index (χ1v) is 9.60. The van der Waals surface area contributed by atoms with E-state index < -0.39 is 0 Å². The zero-order valence-corrected chi connectivity index (χ0v) is 17.8. The van der Waals surface area contributed by atoms with Crippen molar-refractivity contribution in [2.24, 2.45) is 0 Å². The number of carbonyl (C=O) groups is 2. The molecular weight excluding hydrogens is 368 g/mol. The lowest BCUT2D eigenvalue weighted by Gasteiger charge is -2.19. The van der Waals surface area contributed by atoms with Crippen LogP contribution < -0.4 is 14.8 Å². The van der Waals surface area contributed by atoms with Crippen molar-refractivity contribution < 1.29 is 19.1 Å². The van der Waals surface area contributed by atoms with E-state index in [1.807, 2.05) is 36.4 Å². The van der Waals surface area contributed by atoms with Crippen molar-refractivity contribution in [3.8, 4) is 11.5 Å². The van der Waals surface area contributed by atoms with Crippen LogP contribution >= 0.6 is 0 Å². The van der Waals surface area contributed by atoms with Crippen molar-refractivity contribution in [3.05, 3.63) is 59.7 Å². The van der Waals surface area contributed by atoms with Crippen molar-refractivity contribution in [2.45, 2.75) is 26.2 Å². The fraction of sp³-hybridized carbons (Fsp3) is 0.391. The Balaban J connectivity index is 1.75. The topological polar surface area (TPSA) is 67.9 Å². The molecule has 6 nitrogen and oxygen atoms in total. The molecule has 0 aliphatic heterocycles. The summed E-state index contributed by atoms with van der Waals surface area (Å²) in [5, 5.41) is 2.67. The molecule has 0 fully saturated rings. The second-order valence-electron chi connectivity index (χ2n) is 7.85. The van der Waals surface area contributed by atoms with Crippen LogP contribution in [0.1, 0.15) is 36.7 Å². The molecule has 2 aromatic carbocycles. The highest BCUT2D eigenvalue weighted by Crippen LogP contribution is 2.22. The Morgan fingerprint density at radius 1 is 0.966 bits per heavy atom. The lowest BCUT2D eigenvalue weighted by atomic mass is 9.87. The van der Waals surface area contributed by atoms with Crippen LogP contribution in [0.15, 0.2) is 48.5 Å². The Morgan fingerprint density at radius 3 is 2.10 bits per heavy atom. The summed E-state index contributed by atoms with van der Waals surface area (Å²) in [5.41, 5.74) is 1.72. The van der Waals surface area contributed by atoms with E-state index in [9.17, 15) is 9.59 Å². The van der Waals surface area contributed by atoms with E-state index in [0.717, 1.165) is 11.3 Å². The van der Waals surface area contributed by atoms with Crippen molar-refractivity contribution in [2.75, 3.05) is 33.9 Å². The summed E-state index contributed by atoms with van der Waals surface area (Å²) >= 11 is 0. The van der Waals surface area contributed by atoms with Gasteiger partial charge in [0.25, 0.3) is 5.91 Å². The second kappa shape index (κ2) is 9.96. The molecular formula is C23H30N2O4. The van der Waals surface area contributed by atoms with Gasteiger partial charge in [-0.2, -0.15) is 0 Å². The number of rotatable bonds is 8. The minimum atomic E-state index is -0.262. The van der Waals surface area contributed by atoms with Gasteiger partial charge in [0.15, 0.2) is 0 Å². The minimum Gasteiger partial charge on any atom is -0.497 e. The van der Waals surface area contributed by atoms with Crippen molar-refractivity contribution in [1.29, 1.82) is 0 Å². The molecule has 0 aromatic heterocycles. The molecule has 2 amide bonds. The predicted octanol–water partition coefficient (Wildman–Crippen LogP) is 3.26. The zero-order valence-electron chi connectivity index (χ0n) is 17.8. The van der Waals surface area contributed by atoms with E-state index in [1.54, 1.807) is 26.3 Å². The number of nitrogens with zero attached hydrogens (tertiary/aromatic N) is 1. The monoisotopic (exact) mass is 398 g/mol. The van der Waals surface area contributed by atoms with Crippen LogP contribution in [-0.4, -0.2) is 50.6 Å². The van der Waals surface area contributed by atoms with Crippen molar-refractivity contribution in [1.82, 2.24) is 10.2 Å². The molecule has 156 valence electrons. The van der Waals surface area contributed by atoms with Crippen LogP contribution in [-0.2, 0) is 10.2 Å². The van der Waals surface area contributed by atoms with Gasteiger partial charge in [0.1, 0.15) is 18.1 Å². The Bertz CT molecular complexity index is 808. The van der Waals surface area contributed by atoms with Crippen LogP contribution in [0.3, 0.4) is 0 Å². The number of benzene rings is 2. The lowest BCUT2D eigenvalue weighted by molar-refractivity contribution is -0.129. The molecule has 0 unspecified atom stereocenters. The van der Waals surface area contributed by atoms with Gasteiger partial charge in [-0.05, 0) is 47.4 Å². The van der Waals surface area contributed by atoms with Gasteiger partial charge in [0.2, 0.25) is 5.91 Å². The number of ether oxygens (including phenoxy) is 2. The Morgan fingerprint density at radius 2 is 1.55 bits per heavy atom. The predicted molar refractivity (Wildman–Crippen MR) is 114 cm³/mol. The van der Waals surface area contributed by atoms with Crippen LogP contribution in [0, 0.1) is 0 Å². The summed E-state index contributed by atoms with van der Waals surface area (Å²) in [6, 6.07) is 14.7. The normalized spacial score (nSPS) is 10.9. The lowest BCUT2D eigenvalue weighted by Crippen LogP contribution is -2.39. The molecule has 0 radical (unpaired) electrons. The van der Waals surface area contributed by atoms with Crippen LogP contribution in [0.4, 0.5) is 0 Å². The average molecular weight is 399 g/mol. The molecule has 0 heterocycles. The number of amides is 2. The molecule has 0 saturated heterocycles. The first kappa shape index (κ1) is 22.3. The highest BCUT2D eigenvalue weighted by molar-refractivity contribution is 5.96. The summed E-state index contributed by atoms with van der Waals surface area (Å²) in [7, 11) is 3.29. The molecule has 2 rings (SSSR count). The first-order chi connectivity index (χ1) is 13.7. The largest absolute Gasteiger partial charge is 0.497 e. The number of nitrogens with one attached hydrogen (secondary N) is 1. The molecule has 0 atom stereocenters. The van der Waals surface area contributed by atoms with Crippen LogP contribution in [0.2, 0.25) is 0 Å². The van der Waals surface area contributed by atoms with Gasteiger partial charge in [-0.3, -0.25) is 9.59 Å². The standard InChI is InChI=1S/C23H30N2O4/c1-23(2,3)18-8-6-17(7-9-18)22(27)24-16-21(26)25(4)14-15-29-20-12-10-19(28-5)11-13-20/h6-13H,14-16H2,1-5H3,(H,24,27). The zero-order chi connectivity index (χ0) is 21.4. The first-order valence-electron chi connectivity index (χ1n) is 9.60. The van der Waals surface area contributed by atoms with Crippen molar-refractivity contribution >= 4 is 11.8 Å². The molecule has 2 aromatic rings. The summed E-state index contributed by atoms with van der Waals surface area (Å²) in [5.74, 6) is 1.02. The maximum absolute atomic E-state index is 12.3. The minimum absolute atomic E-state index is 0.0293. The number of hydrogen-bond acceptors (Lipinski definition) is 4. The van der Waals surface area contributed by atoms with Gasteiger partial charge in [-0.25, -0.2) is 0 Å². The fourth-order valence-corrected chi connectivity index (χ4v) is 2.61. The molecule has 1 N–H and O–H groups in total. The third kappa shape index (κ3) is 6.82. The third-order valence-electron chi connectivity index (χ3n) is 4.59. The molecule has 0 saturated carbocycles. The average Bonchev–Trinajstić information content (AvgIpc) is 2.71. The Labute approximate surface area is 172 Å². The van der Waals surface area contributed by atoms with Crippen LogP contribution in [0.5, 0.6) is 11.5 Å². The maximum atomic E-state index is 12.3. The molecule has 0 bridgehead atoms. The van der Waals surface area contributed by atoms with E-state index in [0.29, 0.717) is 24.5 Å². The van der Waals surface area contributed by atoms with Crippen LogP contribution in [0.25, 0.3) is 0 Å². The number of hydrogen-bond donors (Lipinski definition) is 1. The summed E-state index contributed by atoms with van der Waals surface area (Å²) in [4.78, 5) is 26.0. The molecule has 0 spiro atoms. The Kier molecular flexibility index (Phi) is 7.65. The quantitative estimate of drug-likeness (QED) is 0.741. The number of methoxy groups -OCH3 is 1. The maximum Gasteiger partial charge on any atom is 0.251 e. The van der Waals surface area contributed by atoms with E-state index in [1.165, 1.54) is 4.90 Å². The highest BCUT2D eigenvalue weighted by atomic mass is 16.5. The van der Waals surface area contributed by atoms with Crippen molar-refractivity contribution in [3.63, 3.8) is 0 Å². The van der Waals surface area contributed by atoms with E-state index in [-0.39, 0.29) is 23.8 Å². The van der Waals surface area contributed by atoms with Gasteiger partial charge in [0.05, 0.1) is 20.2 Å². The van der Waals surface area contributed by atoms with E-state index in [2.05, 4.69) is 26.1 Å². The Hall–Kier alpha value is -3.02. The molecule has 0 aliphatic carbocycles. The van der Waals surface area contributed by atoms with Gasteiger partial charge < -0.3 is 19.7 Å². The number of carbonyl (C=O) groups excluding carboxylic acids is 2.